The summed E-state index contributed by atoms with van der Waals surface area (Å²) in [6, 6.07) is 15.1. The normalized spacial score (nSPS) is 10.8. The van der Waals surface area contributed by atoms with Crippen molar-refractivity contribution in [2.24, 2.45) is 5.73 Å². The highest BCUT2D eigenvalue weighted by molar-refractivity contribution is 5.93. The Balaban J connectivity index is 2.32. The molecule has 5 heteroatoms. The Morgan fingerprint density at radius 1 is 1.09 bits per heavy atom. The zero-order valence-corrected chi connectivity index (χ0v) is 12.1. The van der Waals surface area contributed by atoms with Crippen molar-refractivity contribution >= 4 is 16.7 Å². The molecule has 0 saturated carbocycles. The van der Waals surface area contributed by atoms with E-state index < -0.39 is 5.91 Å². The fourth-order valence-corrected chi connectivity index (χ4v) is 2.41. The van der Waals surface area contributed by atoms with Crippen molar-refractivity contribution in [3.05, 3.63) is 64.4 Å². The monoisotopic (exact) mass is 293 g/mol. The molecule has 110 valence electrons. The first-order chi connectivity index (χ1) is 10.6. The SMILES string of the molecule is Cc1ccc(-c2nn(CC(N)=O)c(=O)c3ccccc23)cc1. The van der Waals surface area contributed by atoms with Crippen LogP contribution in [-0.4, -0.2) is 15.7 Å². The van der Waals surface area contributed by atoms with Crippen molar-refractivity contribution in [1.29, 1.82) is 0 Å². The molecular formula is C17H15N3O2. The van der Waals surface area contributed by atoms with Gasteiger partial charge in [0.25, 0.3) is 5.56 Å². The van der Waals surface area contributed by atoms with Gasteiger partial charge in [-0.1, -0.05) is 48.0 Å². The number of rotatable bonds is 3. The highest BCUT2D eigenvalue weighted by atomic mass is 16.2. The maximum Gasteiger partial charge on any atom is 0.275 e. The number of primary amides is 1. The van der Waals surface area contributed by atoms with Crippen molar-refractivity contribution < 1.29 is 4.79 Å². The van der Waals surface area contributed by atoms with Crippen LogP contribution in [-0.2, 0) is 11.3 Å². The number of carbonyl (C=O) groups excluding carboxylic acids is 1. The molecule has 0 atom stereocenters. The van der Waals surface area contributed by atoms with Crippen molar-refractivity contribution in [2.75, 3.05) is 0 Å². The average Bonchev–Trinajstić information content (AvgIpc) is 2.51. The van der Waals surface area contributed by atoms with Crippen LogP contribution < -0.4 is 11.3 Å². The number of carbonyl (C=O) groups is 1. The average molecular weight is 293 g/mol. The molecule has 5 nitrogen and oxygen atoms in total. The maximum absolute atomic E-state index is 12.4. The van der Waals surface area contributed by atoms with Gasteiger partial charge in [-0.2, -0.15) is 5.10 Å². The van der Waals surface area contributed by atoms with Crippen molar-refractivity contribution in [3.63, 3.8) is 0 Å². The molecule has 0 spiro atoms. The Morgan fingerprint density at radius 2 is 1.73 bits per heavy atom. The quantitative estimate of drug-likeness (QED) is 0.800. The van der Waals surface area contributed by atoms with Gasteiger partial charge in [0.1, 0.15) is 6.54 Å². The molecule has 0 saturated heterocycles. The lowest BCUT2D eigenvalue weighted by atomic mass is 10.0. The molecular weight excluding hydrogens is 278 g/mol. The number of nitrogens with two attached hydrogens (primary N) is 1. The molecule has 0 radical (unpaired) electrons. The number of hydrogen-bond donors (Lipinski definition) is 1. The molecule has 1 aromatic heterocycles. The number of nitrogens with zero attached hydrogens (tertiary/aromatic N) is 2. The predicted octanol–water partition coefficient (Wildman–Crippen LogP) is 1.86. The Bertz CT molecular complexity index is 911. The molecule has 0 bridgehead atoms. The molecule has 3 aromatic rings. The van der Waals surface area contributed by atoms with E-state index in [1.165, 1.54) is 0 Å². The summed E-state index contributed by atoms with van der Waals surface area (Å²) in [6.07, 6.45) is 0. The smallest absolute Gasteiger partial charge is 0.275 e. The van der Waals surface area contributed by atoms with Gasteiger partial charge in [0, 0.05) is 10.9 Å². The Kier molecular flexibility index (Phi) is 3.47. The third-order valence-corrected chi connectivity index (χ3v) is 3.50. The maximum atomic E-state index is 12.4. The van der Waals surface area contributed by atoms with Gasteiger partial charge in [-0.05, 0) is 13.0 Å². The first kappa shape index (κ1) is 14.0. The van der Waals surface area contributed by atoms with Crippen molar-refractivity contribution in [3.8, 4) is 11.3 Å². The van der Waals surface area contributed by atoms with Crippen molar-refractivity contribution in [2.45, 2.75) is 13.5 Å². The minimum Gasteiger partial charge on any atom is -0.368 e. The summed E-state index contributed by atoms with van der Waals surface area (Å²) in [7, 11) is 0. The molecule has 0 fully saturated rings. The van der Waals surface area contributed by atoms with Gasteiger partial charge >= 0.3 is 0 Å². The van der Waals surface area contributed by atoms with Gasteiger partial charge in [0.05, 0.1) is 11.1 Å². The minimum atomic E-state index is -0.597. The lowest BCUT2D eigenvalue weighted by Crippen LogP contribution is -2.30. The molecule has 1 amide bonds. The van der Waals surface area contributed by atoms with E-state index in [4.69, 9.17) is 5.73 Å². The summed E-state index contributed by atoms with van der Waals surface area (Å²) in [5.41, 5.74) is 7.58. The van der Waals surface area contributed by atoms with Crippen LogP contribution in [0.3, 0.4) is 0 Å². The van der Waals surface area contributed by atoms with E-state index in [0.717, 1.165) is 21.2 Å². The topological polar surface area (TPSA) is 78.0 Å². The molecule has 0 aliphatic carbocycles. The van der Waals surface area contributed by atoms with Crippen LogP contribution in [0.4, 0.5) is 0 Å². The van der Waals surface area contributed by atoms with E-state index in [1.807, 2.05) is 43.3 Å². The summed E-state index contributed by atoms with van der Waals surface area (Å²) < 4.78 is 1.12. The second-order valence-electron chi connectivity index (χ2n) is 5.19. The number of amides is 1. The van der Waals surface area contributed by atoms with Gasteiger partial charge in [-0.25, -0.2) is 4.68 Å². The number of benzene rings is 2. The number of hydrogen-bond acceptors (Lipinski definition) is 3. The van der Waals surface area contributed by atoms with Crippen LogP contribution in [0.2, 0.25) is 0 Å². The molecule has 22 heavy (non-hydrogen) atoms. The molecule has 1 heterocycles. The molecule has 3 rings (SSSR count). The molecule has 0 aliphatic rings. The summed E-state index contributed by atoms with van der Waals surface area (Å²) in [5, 5.41) is 5.63. The summed E-state index contributed by atoms with van der Waals surface area (Å²) in [5.74, 6) is -0.597. The van der Waals surface area contributed by atoms with Gasteiger partial charge in [0.15, 0.2) is 0 Å². The zero-order chi connectivity index (χ0) is 15.7. The second-order valence-corrected chi connectivity index (χ2v) is 5.19. The summed E-state index contributed by atoms with van der Waals surface area (Å²) in [4.78, 5) is 23.6. The second kappa shape index (κ2) is 5.44. The van der Waals surface area contributed by atoms with Gasteiger partial charge in [0.2, 0.25) is 5.91 Å². The number of aryl methyl sites for hydroxylation is 1. The first-order valence-corrected chi connectivity index (χ1v) is 6.91. The van der Waals surface area contributed by atoms with Gasteiger partial charge < -0.3 is 5.73 Å². The fraction of sp³-hybridized carbons (Fsp3) is 0.118. The minimum absolute atomic E-state index is 0.234. The Morgan fingerprint density at radius 3 is 2.36 bits per heavy atom. The van der Waals surface area contributed by atoms with E-state index >= 15 is 0 Å². The van der Waals surface area contributed by atoms with Gasteiger partial charge in [-0.3, -0.25) is 9.59 Å². The van der Waals surface area contributed by atoms with Gasteiger partial charge in [-0.15, -0.1) is 0 Å². The standard InChI is InChI=1S/C17H15N3O2/c1-11-6-8-12(9-7-11)16-13-4-2-3-5-14(13)17(22)20(19-16)10-15(18)21/h2-9H,10H2,1H3,(H2,18,21). The predicted molar refractivity (Wildman–Crippen MR) is 85.4 cm³/mol. The number of aromatic nitrogens is 2. The van der Waals surface area contributed by atoms with Crippen LogP contribution in [0.1, 0.15) is 5.56 Å². The lowest BCUT2D eigenvalue weighted by Gasteiger charge is -2.10. The van der Waals surface area contributed by atoms with Crippen molar-refractivity contribution in [1.82, 2.24) is 9.78 Å². The van der Waals surface area contributed by atoms with E-state index in [-0.39, 0.29) is 12.1 Å². The van der Waals surface area contributed by atoms with Crippen LogP contribution in [0.15, 0.2) is 53.3 Å². The van der Waals surface area contributed by atoms with Crippen LogP contribution in [0, 0.1) is 6.92 Å². The Labute approximate surface area is 127 Å². The van der Waals surface area contributed by atoms with Crippen LogP contribution in [0.5, 0.6) is 0 Å². The molecule has 2 N–H and O–H groups in total. The largest absolute Gasteiger partial charge is 0.368 e. The van der Waals surface area contributed by atoms with E-state index in [2.05, 4.69) is 5.10 Å². The first-order valence-electron chi connectivity index (χ1n) is 6.91. The van der Waals surface area contributed by atoms with E-state index in [1.54, 1.807) is 12.1 Å². The van der Waals surface area contributed by atoms with E-state index in [9.17, 15) is 9.59 Å². The highest BCUT2D eigenvalue weighted by Gasteiger charge is 2.12. The third-order valence-electron chi connectivity index (χ3n) is 3.50. The Hall–Kier alpha value is -2.95. The third kappa shape index (κ3) is 2.48. The van der Waals surface area contributed by atoms with Crippen LogP contribution >= 0.6 is 0 Å². The lowest BCUT2D eigenvalue weighted by molar-refractivity contribution is -0.118. The molecule has 2 aromatic carbocycles. The van der Waals surface area contributed by atoms with E-state index in [0.29, 0.717) is 11.1 Å². The molecule has 0 unspecified atom stereocenters. The van der Waals surface area contributed by atoms with Crippen LogP contribution in [0.25, 0.3) is 22.0 Å². The molecule has 0 aliphatic heterocycles. The zero-order valence-electron chi connectivity index (χ0n) is 12.1. The highest BCUT2D eigenvalue weighted by Crippen LogP contribution is 2.24. The summed E-state index contributed by atoms with van der Waals surface area (Å²) >= 11 is 0. The number of fused-ring (bicyclic) bond motifs is 1. The fourth-order valence-electron chi connectivity index (χ4n) is 2.41. The summed E-state index contributed by atoms with van der Waals surface area (Å²) in [6.45, 7) is 1.77.